The molecule has 3 heteroatoms. The fraction of sp³-hybridized carbons (Fsp3) is 0.143. The molecule has 1 aromatic heterocycles. The van der Waals surface area contributed by atoms with E-state index in [4.69, 9.17) is 0 Å². The normalized spacial score (nSPS) is 11.9. The van der Waals surface area contributed by atoms with Crippen molar-refractivity contribution in [2.45, 2.75) is 52.4 Å². The van der Waals surface area contributed by atoms with Gasteiger partial charge in [-0.05, 0) is 141 Å². The largest absolute Gasteiger partial charge is 0.355 e. The number of H-pyrrole nitrogens is 1. The molecule has 0 fully saturated rings. The van der Waals surface area contributed by atoms with E-state index in [0.717, 1.165) is 45.2 Å². The Morgan fingerprint density at radius 1 is 0.305 bits per heavy atom. The number of aromatic amines is 1. The smallest absolute Gasteiger partial charge is 0.0465 e. The average molecular weight is 766 g/mol. The first kappa shape index (κ1) is 37.7. The molecule has 0 aliphatic carbocycles. The second-order valence-electron chi connectivity index (χ2n) is 17.7. The van der Waals surface area contributed by atoms with Crippen LogP contribution in [-0.2, 0) is 10.8 Å². The Bertz CT molecular complexity index is 2640. The predicted octanol–water partition coefficient (Wildman–Crippen LogP) is 16.2. The summed E-state index contributed by atoms with van der Waals surface area (Å²) in [5.74, 6) is 0. The molecule has 1 heterocycles. The van der Waals surface area contributed by atoms with Crippen LogP contribution in [0, 0.1) is 0 Å². The molecule has 0 radical (unpaired) electrons. The molecule has 9 aromatic rings. The van der Waals surface area contributed by atoms with E-state index in [-0.39, 0.29) is 10.8 Å². The van der Waals surface area contributed by atoms with E-state index in [0.29, 0.717) is 0 Å². The quantitative estimate of drug-likeness (QED) is 0.166. The summed E-state index contributed by atoms with van der Waals surface area (Å²) in [6, 6.07) is 70.7. The van der Waals surface area contributed by atoms with Crippen molar-refractivity contribution in [3.63, 3.8) is 0 Å². The molecule has 0 unspecified atom stereocenters. The van der Waals surface area contributed by atoms with E-state index in [1.165, 1.54) is 44.2 Å². The molecule has 290 valence electrons. The van der Waals surface area contributed by atoms with Crippen LogP contribution in [0.2, 0.25) is 0 Å². The van der Waals surface area contributed by atoms with Crippen LogP contribution in [0.1, 0.15) is 52.7 Å². The summed E-state index contributed by atoms with van der Waals surface area (Å²) in [6.45, 7) is 13.6. The van der Waals surface area contributed by atoms with Gasteiger partial charge in [-0.1, -0.05) is 139 Å². The summed E-state index contributed by atoms with van der Waals surface area (Å²) in [6.07, 6.45) is 0. The highest BCUT2D eigenvalue weighted by Gasteiger charge is 2.19. The Balaban J connectivity index is 1.02. The van der Waals surface area contributed by atoms with Crippen LogP contribution < -0.4 is 9.80 Å². The molecule has 0 bridgehead atoms. The summed E-state index contributed by atoms with van der Waals surface area (Å²) in [5.41, 5.74) is 16.7. The van der Waals surface area contributed by atoms with Gasteiger partial charge in [0.15, 0.2) is 0 Å². The van der Waals surface area contributed by atoms with Crippen molar-refractivity contribution >= 4 is 55.9 Å². The van der Waals surface area contributed by atoms with Crippen molar-refractivity contribution in [1.29, 1.82) is 0 Å². The van der Waals surface area contributed by atoms with E-state index < -0.39 is 0 Å². The van der Waals surface area contributed by atoms with Gasteiger partial charge < -0.3 is 14.8 Å². The molecule has 0 saturated heterocycles. The van der Waals surface area contributed by atoms with Gasteiger partial charge in [-0.3, -0.25) is 0 Å². The number of anilines is 6. The van der Waals surface area contributed by atoms with Crippen LogP contribution in [0.3, 0.4) is 0 Å². The number of hydrogen-bond acceptors (Lipinski definition) is 2. The number of benzene rings is 8. The highest BCUT2D eigenvalue weighted by molar-refractivity contribution is 6.09. The number of nitrogens with one attached hydrogen (secondary N) is 1. The summed E-state index contributed by atoms with van der Waals surface area (Å²) in [4.78, 5) is 8.33. The third-order valence-electron chi connectivity index (χ3n) is 11.5. The van der Waals surface area contributed by atoms with Crippen molar-refractivity contribution in [1.82, 2.24) is 4.98 Å². The number of aromatic nitrogens is 1. The SMILES string of the molecule is CC(C)(C)c1ccc(N(c2ccccc2)c2ccc(-c3ccc4[nH]c5ccc(-c6ccc(N(c7ccccc7)c7ccc(C(C)(C)C)cc7)cc6)cc5c4c3)cc2)cc1. The third-order valence-corrected chi connectivity index (χ3v) is 11.5. The van der Waals surface area contributed by atoms with Crippen molar-refractivity contribution in [3.05, 3.63) is 205 Å². The zero-order valence-corrected chi connectivity index (χ0v) is 34.9. The first-order valence-electron chi connectivity index (χ1n) is 20.7. The molecule has 0 aliphatic rings. The van der Waals surface area contributed by atoms with Crippen molar-refractivity contribution in [2.75, 3.05) is 9.80 Å². The molecule has 8 aromatic carbocycles. The van der Waals surface area contributed by atoms with E-state index in [1.54, 1.807) is 0 Å². The van der Waals surface area contributed by atoms with E-state index in [2.05, 4.69) is 250 Å². The molecule has 0 amide bonds. The zero-order chi connectivity index (χ0) is 40.7. The maximum Gasteiger partial charge on any atom is 0.0465 e. The van der Waals surface area contributed by atoms with Gasteiger partial charge in [0.2, 0.25) is 0 Å². The van der Waals surface area contributed by atoms with Gasteiger partial charge in [-0.25, -0.2) is 0 Å². The van der Waals surface area contributed by atoms with E-state index in [1.807, 2.05) is 0 Å². The van der Waals surface area contributed by atoms with Gasteiger partial charge in [0.25, 0.3) is 0 Å². The van der Waals surface area contributed by atoms with Crippen LogP contribution in [-0.4, -0.2) is 4.98 Å². The van der Waals surface area contributed by atoms with Gasteiger partial charge in [0.1, 0.15) is 0 Å². The Labute approximate surface area is 349 Å². The molecule has 1 N–H and O–H groups in total. The monoisotopic (exact) mass is 765 g/mol. The standard InChI is InChI=1S/C56H51N3/c1-55(2,3)43-23-31-49(32-24-43)58(45-13-9-7-10-14-45)47-27-17-39(18-28-47)41-21-35-53-51(37-41)52-38-42(22-36-54(52)57-53)40-19-29-48(30-20-40)59(46-15-11-8-12-16-46)50-33-25-44(26-34-50)56(4,5)6/h7-38,57H,1-6H3. The Kier molecular flexibility index (Phi) is 9.69. The van der Waals surface area contributed by atoms with Crippen LogP contribution in [0.25, 0.3) is 44.1 Å². The Morgan fingerprint density at radius 3 is 0.915 bits per heavy atom. The summed E-state index contributed by atoms with van der Waals surface area (Å²) in [7, 11) is 0. The minimum Gasteiger partial charge on any atom is -0.355 e. The van der Waals surface area contributed by atoms with Gasteiger partial charge in [0.05, 0.1) is 0 Å². The van der Waals surface area contributed by atoms with Gasteiger partial charge >= 0.3 is 0 Å². The second-order valence-corrected chi connectivity index (χ2v) is 17.7. The van der Waals surface area contributed by atoms with E-state index >= 15 is 0 Å². The second kappa shape index (κ2) is 15.2. The van der Waals surface area contributed by atoms with E-state index in [9.17, 15) is 0 Å². The first-order chi connectivity index (χ1) is 28.5. The fourth-order valence-corrected chi connectivity index (χ4v) is 8.13. The topological polar surface area (TPSA) is 22.3 Å². The molecule has 59 heavy (non-hydrogen) atoms. The average Bonchev–Trinajstić information content (AvgIpc) is 3.62. The molecule has 0 saturated carbocycles. The Morgan fingerprint density at radius 2 is 0.593 bits per heavy atom. The summed E-state index contributed by atoms with van der Waals surface area (Å²) < 4.78 is 0. The lowest BCUT2D eigenvalue weighted by molar-refractivity contribution is 0.590. The molecular weight excluding hydrogens is 715 g/mol. The molecule has 0 spiro atoms. The predicted molar refractivity (Wildman–Crippen MR) is 253 cm³/mol. The van der Waals surface area contributed by atoms with Crippen molar-refractivity contribution in [2.24, 2.45) is 0 Å². The zero-order valence-electron chi connectivity index (χ0n) is 34.9. The number of fused-ring (bicyclic) bond motifs is 3. The van der Waals surface area contributed by atoms with Crippen LogP contribution in [0.5, 0.6) is 0 Å². The highest BCUT2D eigenvalue weighted by Crippen LogP contribution is 2.40. The maximum absolute atomic E-state index is 3.67. The lowest BCUT2D eigenvalue weighted by atomic mass is 9.87. The van der Waals surface area contributed by atoms with Gasteiger partial charge in [0, 0.05) is 55.9 Å². The number of rotatable bonds is 8. The third kappa shape index (κ3) is 7.65. The first-order valence-corrected chi connectivity index (χ1v) is 20.7. The minimum atomic E-state index is 0.0994. The lowest BCUT2D eigenvalue weighted by Gasteiger charge is -2.27. The molecule has 0 aliphatic heterocycles. The molecular formula is C56H51N3. The minimum absolute atomic E-state index is 0.0994. The number of hydrogen-bond donors (Lipinski definition) is 1. The molecule has 9 rings (SSSR count). The van der Waals surface area contributed by atoms with Gasteiger partial charge in [-0.2, -0.15) is 0 Å². The van der Waals surface area contributed by atoms with Gasteiger partial charge in [-0.15, -0.1) is 0 Å². The summed E-state index contributed by atoms with van der Waals surface area (Å²) in [5, 5.41) is 2.44. The number of nitrogens with zero attached hydrogens (tertiary/aromatic N) is 2. The molecule has 3 nitrogen and oxygen atoms in total. The molecule has 0 atom stereocenters. The number of para-hydroxylation sites is 2. The van der Waals surface area contributed by atoms with Crippen LogP contribution in [0.15, 0.2) is 194 Å². The lowest BCUT2D eigenvalue weighted by Crippen LogP contribution is -2.13. The Hall–Kier alpha value is -6.84. The van der Waals surface area contributed by atoms with Crippen molar-refractivity contribution in [3.8, 4) is 22.3 Å². The van der Waals surface area contributed by atoms with Crippen LogP contribution in [0.4, 0.5) is 34.1 Å². The summed E-state index contributed by atoms with van der Waals surface area (Å²) >= 11 is 0. The highest BCUT2D eigenvalue weighted by atomic mass is 15.1. The fourth-order valence-electron chi connectivity index (χ4n) is 8.13. The van der Waals surface area contributed by atoms with Crippen LogP contribution >= 0.6 is 0 Å². The maximum atomic E-state index is 3.67. The van der Waals surface area contributed by atoms with Crippen molar-refractivity contribution < 1.29 is 0 Å².